The number of hydrogen-bond acceptors (Lipinski definition) is 3. The van der Waals surface area contributed by atoms with Crippen molar-refractivity contribution in [2.24, 2.45) is 10.9 Å². The second-order valence-corrected chi connectivity index (χ2v) is 5.64. The summed E-state index contributed by atoms with van der Waals surface area (Å²) < 4.78 is 0. The van der Waals surface area contributed by atoms with E-state index in [-0.39, 0.29) is 11.7 Å². The van der Waals surface area contributed by atoms with Gasteiger partial charge in [0.05, 0.1) is 6.42 Å². The van der Waals surface area contributed by atoms with Crippen LogP contribution in [0.15, 0.2) is 29.4 Å². The normalized spacial score (nSPS) is 20.1. The monoisotopic (exact) mass is 289 g/mol. The number of amidine groups is 1. The van der Waals surface area contributed by atoms with Crippen molar-refractivity contribution in [3.05, 3.63) is 35.4 Å². The molecule has 5 nitrogen and oxygen atoms in total. The Balaban J connectivity index is 2.01. The molecule has 1 aliphatic rings. The molecule has 1 amide bonds. The number of amides is 1. The lowest BCUT2D eigenvalue weighted by Crippen LogP contribution is -2.39. The molecule has 0 radical (unpaired) electrons. The smallest absolute Gasteiger partial charge is 0.227 e. The Labute approximate surface area is 125 Å². The van der Waals surface area contributed by atoms with Gasteiger partial charge >= 0.3 is 0 Å². The van der Waals surface area contributed by atoms with E-state index in [1.54, 1.807) is 12.1 Å². The molecule has 5 heteroatoms. The Morgan fingerprint density at radius 2 is 2.05 bits per heavy atom. The van der Waals surface area contributed by atoms with Crippen LogP contribution in [0.1, 0.15) is 43.7 Å². The zero-order valence-corrected chi connectivity index (χ0v) is 12.5. The number of benzene rings is 1. The fraction of sp³-hybridized carbons (Fsp3) is 0.500. The lowest BCUT2D eigenvalue weighted by Gasteiger charge is -2.27. The van der Waals surface area contributed by atoms with Crippen LogP contribution in [0.25, 0.3) is 0 Å². The average Bonchev–Trinajstić information content (AvgIpc) is 2.71. The summed E-state index contributed by atoms with van der Waals surface area (Å²) in [6.45, 7) is 2.99. The highest BCUT2D eigenvalue weighted by Crippen LogP contribution is 2.17. The van der Waals surface area contributed by atoms with Gasteiger partial charge in [-0.05, 0) is 25.3 Å². The van der Waals surface area contributed by atoms with Gasteiger partial charge in [0, 0.05) is 18.2 Å². The maximum absolute atomic E-state index is 12.4. The molecule has 1 heterocycles. The van der Waals surface area contributed by atoms with Crippen molar-refractivity contribution in [1.29, 1.82) is 0 Å². The van der Waals surface area contributed by atoms with E-state index in [4.69, 9.17) is 10.9 Å². The van der Waals surface area contributed by atoms with Crippen molar-refractivity contribution in [3.8, 4) is 0 Å². The summed E-state index contributed by atoms with van der Waals surface area (Å²) >= 11 is 0. The van der Waals surface area contributed by atoms with Gasteiger partial charge in [0.2, 0.25) is 5.91 Å². The van der Waals surface area contributed by atoms with Crippen molar-refractivity contribution in [3.63, 3.8) is 0 Å². The molecule has 1 aromatic carbocycles. The molecule has 1 aromatic rings. The molecule has 114 valence electrons. The van der Waals surface area contributed by atoms with Crippen molar-refractivity contribution < 1.29 is 10.0 Å². The fourth-order valence-electron chi connectivity index (χ4n) is 2.77. The maximum atomic E-state index is 12.4. The minimum atomic E-state index is 0.0778. The van der Waals surface area contributed by atoms with Gasteiger partial charge in [-0.1, -0.05) is 42.3 Å². The van der Waals surface area contributed by atoms with E-state index in [9.17, 15) is 4.79 Å². The van der Waals surface area contributed by atoms with Crippen LogP contribution in [0, 0.1) is 0 Å². The number of likely N-dealkylation sites (tertiary alicyclic amines) is 1. The Kier molecular flexibility index (Phi) is 5.20. The largest absolute Gasteiger partial charge is 0.409 e. The lowest BCUT2D eigenvalue weighted by molar-refractivity contribution is -0.132. The first kappa shape index (κ1) is 15.4. The molecule has 1 fully saturated rings. The Morgan fingerprint density at radius 3 is 2.71 bits per heavy atom. The predicted octanol–water partition coefficient (Wildman–Crippen LogP) is 2.11. The number of carbonyl (C=O) groups excluding carboxylic acids is 1. The summed E-state index contributed by atoms with van der Waals surface area (Å²) in [6, 6.07) is 7.57. The second-order valence-electron chi connectivity index (χ2n) is 5.64. The molecule has 1 aliphatic heterocycles. The number of nitrogens with two attached hydrogens (primary N) is 1. The highest BCUT2D eigenvalue weighted by molar-refractivity contribution is 5.97. The van der Waals surface area contributed by atoms with E-state index in [0.717, 1.165) is 24.9 Å². The molecule has 0 aliphatic carbocycles. The quantitative estimate of drug-likeness (QED) is 0.387. The van der Waals surface area contributed by atoms with Crippen LogP contribution in [0.3, 0.4) is 0 Å². The Morgan fingerprint density at radius 1 is 1.33 bits per heavy atom. The summed E-state index contributed by atoms with van der Waals surface area (Å²) in [5, 5.41) is 11.6. The van der Waals surface area contributed by atoms with Crippen molar-refractivity contribution in [2.75, 3.05) is 6.54 Å². The molecule has 2 rings (SSSR count). The average molecular weight is 289 g/mol. The minimum Gasteiger partial charge on any atom is -0.409 e. The molecule has 1 unspecified atom stereocenters. The number of oxime groups is 1. The molecule has 0 saturated carbocycles. The fourth-order valence-corrected chi connectivity index (χ4v) is 2.77. The number of hydrogen-bond donors (Lipinski definition) is 2. The molecule has 0 bridgehead atoms. The molecule has 3 N–H and O–H groups in total. The standard InChI is InChI=1S/C16H23N3O2/c1-12-5-3-2-4-10-19(12)15(20)11-13-6-8-14(9-7-13)16(17)18-21/h6-9,12,21H,2-5,10-11H2,1H3,(H2,17,18). The number of rotatable bonds is 3. The van der Waals surface area contributed by atoms with E-state index in [2.05, 4.69) is 12.1 Å². The molecule has 1 saturated heterocycles. The van der Waals surface area contributed by atoms with Gasteiger partial charge in [0.25, 0.3) is 0 Å². The molecular formula is C16H23N3O2. The van der Waals surface area contributed by atoms with Crippen LogP contribution in [-0.2, 0) is 11.2 Å². The third-order valence-electron chi connectivity index (χ3n) is 4.09. The van der Waals surface area contributed by atoms with Gasteiger partial charge < -0.3 is 15.8 Å². The van der Waals surface area contributed by atoms with Gasteiger partial charge in [-0.2, -0.15) is 0 Å². The first-order valence-corrected chi connectivity index (χ1v) is 7.48. The maximum Gasteiger partial charge on any atom is 0.227 e. The second kappa shape index (κ2) is 7.11. The topological polar surface area (TPSA) is 78.9 Å². The zero-order valence-electron chi connectivity index (χ0n) is 12.5. The van der Waals surface area contributed by atoms with Crippen LogP contribution in [-0.4, -0.2) is 34.4 Å². The Hall–Kier alpha value is -2.04. The van der Waals surface area contributed by atoms with Gasteiger partial charge in [-0.15, -0.1) is 0 Å². The predicted molar refractivity (Wildman–Crippen MR) is 82.3 cm³/mol. The number of carbonyl (C=O) groups is 1. The number of nitrogens with zero attached hydrogens (tertiary/aromatic N) is 2. The highest BCUT2D eigenvalue weighted by atomic mass is 16.4. The van der Waals surface area contributed by atoms with Gasteiger partial charge in [0.15, 0.2) is 5.84 Å². The Bertz CT molecular complexity index is 511. The third kappa shape index (κ3) is 3.97. The van der Waals surface area contributed by atoms with Gasteiger partial charge in [-0.3, -0.25) is 4.79 Å². The van der Waals surface area contributed by atoms with Crippen LogP contribution < -0.4 is 5.73 Å². The van der Waals surface area contributed by atoms with Crippen LogP contribution >= 0.6 is 0 Å². The van der Waals surface area contributed by atoms with Crippen LogP contribution in [0.4, 0.5) is 0 Å². The first-order chi connectivity index (χ1) is 10.1. The molecule has 0 aromatic heterocycles. The molecular weight excluding hydrogens is 266 g/mol. The molecule has 1 atom stereocenters. The zero-order chi connectivity index (χ0) is 15.2. The summed E-state index contributed by atoms with van der Waals surface area (Å²) in [4.78, 5) is 14.4. The van der Waals surface area contributed by atoms with E-state index < -0.39 is 0 Å². The van der Waals surface area contributed by atoms with Crippen molar-refractivity contribution >= 4 is 11.7 Å². The molecule has 0 spiro atoms. The minimum absolute atomic E-state index is 0.0778. The van der Waals surface area contributed by atoms with Gasteiger partial charge in [-0.25, -0.2) is 0 Å². The van der Waals surface area contributed by atoms with E-state index in [1.165, 1.54) is 12.8 Å². The lowest BCUT2D eigenvalue weighted by atomic mass is 10.1. The van der Waals surface area contributed by atoms with Crippen LogP contribution in [0.5, 0.6) is 0 Å². The first-order valence-electron chi connectivity index (χ1n) is 7.48. The highest BCUT2D eigenvalue weighted by Gasteiger charge is 2.21. The summed E-state index contributed by atoms with van der Waals surface area (Å²) in [5.74, 6) is 0.259. The van der Waals surface area contributed by atoms with E-state index in [0.29, 0.717) is 18.0 Å². The van der Waals surface area contributed by atoms with Gasteiger partial charge in [0.1, 0.15) is 0 Å². The summed E-state index contributed by atoms with van der Waals surface area (Å²) in [5.41, 5.74) is 7.12. The van der Waals surface area contributed by atoms with Crippen LogP contribution in [0.2, 0.25) is 0 Å². The van der Waals surface area contributed by atoms with E-state index >= 15 is 0 Å². The summed E-state index contributed by atoms with van der Waals surface area (Å²) in [6.07, 6.45) is 5.01. The summed E-state index contributed by atoms with van der Waals surface area (Å²) in [7, 11) is 0. The SMILES string of the molecule is CC1CCCCCN1C(=O)Cc1ccc(C(N)=NO)cc1. The van der Waals surface area contributed by atoms with E-state index in [1.807, 2.05) is 17.0 Å². The van der Waals surface area contributed by atoms with Crippen molar-refractivity contribution in [1.82, 2.24) is 4.90 Å². The van der Waals surface area contributed by atoms with Crippen molar-refractivity contribution in [2.45, 2.75) is 45.1 Å². The molecule has 21 heavy (non-hydrogen) atoms. The third-order valence-corrected chi connectivity index (χ3v) is 4.09.